The molecule has 5 aromatic rings. The van der Waals surface area contributed by atoms with Crippen molar-refractivity contribution < 1.29 is 14.7 Å². The van der Waals surface area contributed by atoms with Crippen molar-refractivity contribution in [2.24, 2.45) is 0 Å². The molecule has 12 heteroatoms. The lowest BCUT2D eigenvalue weighted by Crippen LogP contribution is -2.29. The smallest absolute Gasteiger partial charge is 0.301 e. The van der Waals surface area contributed by atoms with E-state index in [-0.39, 0.29) is 27.2 Å². The molecule has 2 aromatic carbocycles. The van der Waals surface area contributed by atoms with Gasteiger partial charge in [0, 0.05) is 11.9 Å². The Kier molecular flexibility index (Phi) is 7.33. The van der Waals surface area contributed by atoms with Crippen LogP contribution in [0.25, 0.3) is 11.4 Å². The van der Waals surface area contributed by atoms with Crippen LogP contribution in [-0.4, -0.2) is 36.4 Å². The molecule has 0 radical (unpaired) electrons. The summed E-state index contributed by atoms with van der Waals surface area (Å²) in [5.41, 5.74) is 3.83. The van der Waals surface area contributed by atoms with Crippen molar-refractivity contribution in [1.82, 2.24) is 19.6 Å². The van der Waals surface area contributed by atoms with Gasteiger partial charge in [0.05, 0.1) is 27.4 Å². The first-order valence-electron chi connectivity index (χ1n) is 12.5. The van der Waals surface area contributed by atoms with Crippen LogP contribution in [0.1, 0.15) is 34.1 Å². The van der Waals surface area contributed by atoms with Crippen LogP contribution in [0.3, 0.4) is 0 Å². The van der Waals surface area contributed by atoms with E-state index >= 15 is 0 Å². The van der Waals surface area contributed by atoms with Gasteiger partial charge in [0.2, 0.25) is 5.13 Å². The number of Topliss-reactive ketones (excluding diaryl/α,β-unsaturated/α-hetero) is 1. The van der Waals surface area contributed by atoms with E-state index in [1.165, 1.54) is 28.0 Å². The largest absolute Gasteiger partial charge is 0.505 e. The molecule has 3 aromatic heterocycles. The second kappa shape index (κ2) is 10.9. The number of ketones is 1. The summed E-state index contributed by atoms with van der Waals surface area (Å²) in [7, 11) is 0. The van der Waals surface area contributed by atoms with Crippen LogP contribution < -0.4 is 4.90 Å². The van der Waals surface area contributed by atoms with Crippen LogP contribution in [0.4, 0.5) is 5.13 Å². The van der Waals surface area contributed by atoms with E-state index in [0.717, 1.165) is 11.1 Å². The second-order valence-electron chi connectivity index (χ2n) is 9.40. The number of aryl methyl sites for hydroxylation is 2. The molecule has 1 fully saturated rings. The summed E-state index contributed by atoms with van der Waals surface area (Å²) >= 11 is 15.2. The zero-order chi connectivity index (χ0) is 28.8. The lowest BCUT2D eigenvalue weighted by atomic mass is 9.96. The van der Waals surface area contributed by atoms with E-state index in [2.05, 4.69) is 15.2 Å². The maximum absolute atomic E-state index is 13.6. The van der Waals surface area contributed by atoms with Crippen LogP contribution in [-0.2, 0) is 15.3 Å². The fourth-order valence-corrected chi connectivity index (χ4v) is 6.91. The minimum Gasteiger partial charge on any atom is -0.505 e. The highest BCUT2D eigenvalue weighted by Crippen LogP contribution is 2.45. The van der Waals surface area contributed by atoms with Crippen molar-refractivity contribution in [3.05, 3.63) is 111 Å². The molecular formula is C29H21Cl2N5O3S2. The predicted molar refractivity (Wildman–Crippen MR) is 162 cm³/mol. The fraction of sp³-hybridized carbons (Fsp3) is 0.138. The minimum atomic E-state index is -1.03. The Labute approximate surface area is 253 Å². The zero-order valence-electron chi connectivity index (χ0n) is 21.7. The normalized spacial score (nSPS) is 16.7. The van der Waals surface area contributed by atoms with Gasteiger partial charge in [0.25, 0.3) is 5.78 Å². The number of anilines is 1. The van der Waals surface area contributed by atoms with Gasteiger partial charge < -0.3 is 9.51 Å². The van der Waals surface area contributed by atoms with Gasteiger partial charge in [-0.2, -0.15) is 0 Å². The molecule has 1 N–H and O–H groups in total. The van der Waals surface area contributed by atoms with Crippen LogP contribution >= 0.6 is 46.3 Å². The Morgan fingerprint density at radius 1 is 1.02 bits per heavy atom. The number of aliphatic hydroxyl groups excluding tert-OH is 1. The number of hydrogen-bond acceptors (Lipinski definition) is 8. The number of fused-ring (bicyclic) bond motifs is 1. The molecule has 1 saturated heterocycles. The molecule has 0 bridgehead atoms. The Morgan fingerprint density at radius 3 is 2.54 bits per heavy atom. The molecule has 1 atom stereocenters. The number of nitrogens with zero attached hydrogens (tertiary/aromatic N) is 5. The number of thioether (sulfide) groups is 1. The average Bonchev–Trinajstić information content (AvgIpc) is 3.65. The molecule has 0 saturated carbocycles. The van der Waals surface area contributed by atoms with E-state index in [9.17, 15) is 14.7 Å². The Balaban J connectivity index is 1.47. The maximum atomic E-state index is 13.6. The van der Waals surface area contributed by atoms with Gasteiger partial charge in [-0.25, -0.2) is 4.98 Å². The number of aromatic nitrogens is 4. The van der Waals surface area contributed by atoms with Gasteiger partial charge >= 0.3 is 5.91 Å². The number of benzene rings is 2. The molecule has 4 heterocycles. The maximum Gasteiger partial charge on any atom is 0.301 e. The van der Waals surface area contributed by atoms with Crippen molar-refractivity contribution in [2.45, 2.75) is 30.0 Å². The lowest BCUT2D eigenvalue weighted by Gasteiger charge is -2.22. The highest BCUT2D eigenvalue weighted by Gasteiger charge is 2.49. The van der Waals surface area contributed by atoms with Crippen LogP contribution in [0.15, 0.2) is 76.8 Å². The summed E-state index contributed by atoms with van der Waals surface area (Å²) in [5, 5.41) is 20.9. The molecule has 1 amide bonds. The van der Waals surface area contributed by atoms with Gasteiger partial charge in [0.15, 0.2) is 10.1 Å². The van der Waals surface area contributed by atoms with Crippen molar-refractivity contribution in [3.63, 3.8) is 0 Å². The quantitative estimate of drug-likeness (QED) is 0.0714. The van der Waals surface area contributed by atoms with Crippen molar-refractivity contribution in [1.29, 1.82) is 0 Å². The Hall–Kier alpha value is -3.70. The molecule has 1 aliphatic heterocycles. The van der Waals surface area contributed by atoms with Gasteiger partial charge in [0.1, 0.15) is 11.3 Å². The second-order valence-corrected chi connectivity index (χ2v) is 12.4. The number of rotatable bonds is 6. The van der Waals surface area contributed by atoms with Gasteiger partial charge in [-0.3, -0.25) is 14.5 Å². The third-order valence-electron chi connectivity index (χ3n) is 6.82. The number of hydrogen-bond donors (Lipinski definition) is 1. The average molecular weight is 623 g/mol. The summed E-state index contributed by atoms with van der Waals surface area (Å²) in [4.78, 5) is 33.1. The molecule has 0 aliphatic carbocycles. The molecule has 6 rings (SSSR count). The third-order valence-corrected chi connectivity index (χ3v) is 9.69. The molecular weight excluding hydrogens is 601 g/mol. The monoisotopic (exact) mass is 621 g/mol. The van der Waals surface area contributed by atoms with Gasteiger partial charge in [-0.05, 0) is 48.7 Å². The van der Waals surface area contributed by atoms with E-state index in [1.807, 2.05) is 60.0 Å². The van der Waals surface area contributed by atoms with Crippen LogP contribution in [0.2, 0.25) is 10.0 Å². The minimum absolute atomic E-state index is 0.119. The first-order valence-corrected chi connectivity index (χ1v) is 15.0. The van der Waals surface area contributed by atoms with Gasteiger partial charge in [-0.1, -0.05) is 88.8 Å². The lowest BCUT2D eigenvalue weighted by molar-refractivity contribution is -0.132. The first-order chi connectivity index (χ1) is 19.7. The van der Waals surface area contributed by atoms with Crippen molar-refractivity contribution >= 4 is 74.5 Å². The standard InChI is InChI=1S/C29H21Cl2N5O3S2/c1-15-7-6-12-35-16(2)22(32-26(15)35)24(37)21-23(18-10-11-19(30)20(31)13-18)36(27(39)25(21)38)28-33-34-29(41-28)40-14-17-8-4-3-5-9-17/h3-13,23,37H,14H2,1-2H3. The van der Waals surface area contributed by atoms with E-state index in [1.54, 1.807) is 25.1 Å². The third kappa shape index (κ3) is 4.91. The van der Waals surface area contributed by atoms with E-state index < -0.39 is 17.7 Å². The SMILES string of the molecule is Cc1cccn2c(C)c(C(O)=C3C(=O)C(=O)N(c4nnc(SCc5ccccc5)s4)C3c3ccc(Cl)c(Cl)c3)nc12. The Morgan fingerprint density at radius 2 is 1.80 bits per heavy atom. The first kappa shape index (κ1) is 27.5. The molecule has 1 aliphatic rings. The molecule has 206 valence electrons. The van der Waals surface area contributed by atoms with Crippen LogP contribution in [0.5, 0.6) is 0 Å². The highest BCUT2D eigenvalue weighted by atomic mass is 35.5. The zero-order valence-corrected chi connectivity index (χ0v) is 24.9. The highest BCUT2D eigenvalue weighted by molar-refractivity contribution is 8.00. The summed E-state index contributed by atoms with van der Waals surface area (Å²) in [6, 6.07) is 17.5. The summed E-state index contributed by atoms with van der Waals surface area (Å²) < 4.78 is 2.46. The molecule has 8 nitrogen and oxygen atoms in total. The van der Waals surface area contributed by atoms with E-state index in [0.29, 0.717) is 32.0 Å². The number of carbonyl (C=O) groups excluding carboxylic acids is 2. The number of pyridine rings is 1. The predicted octanol–water partition coefficient (Wildman–Crippen LogP) is 7.03. The number of amides is 1. The summed E-state index contributed by atoms with van der Waals surface area (Å²) in [6.45, 7) is 3.70. The van der Waals surface area contributed by atoms with Crippen LogP contribution in [0, 0.1) is 13.8 Å². The number of halogens is 2. The molecule has 1 unspecified atom stereocenters. The molecule has 0 spiro atoms. The van der Waals surface area contributed by atoms with Crippen molar-refractivity contribution in [2.75, 3.05) is 4.90 Å². The van der Waals surface area contributed by atoms with Crippen molar-refractivity contribution in [3.8, 4) is 0 Å². The van der Waals surface area contributed by atoms with E-state index in [4.69, 9.17) is 23.2 Å². The summed E-state index contributed by atoms with van der Waals surface area (Å²) in [5.74, 6) is -1.42. The fourth-order valence-electron chi connectivity index (χ4n) is 4.78. The van der Waals surface area contributed by atoms with Gasteiger partial charge in [-0.15, -0.1) is 10.2 Å². The number of imidazole rings is 1. The molecule has 41 heavy (non-hydrogen) atoms. The topological polar surface area (TPSA) is 101 Å². The number of carbonyl (C=O) groups is 2. The summed E-state index contributed by atoms with van der Waals surface area (Å²) in [6.07, 6.45) is 1.83. The number of aliphatic hydroxyl groups is 1. The Bertz CT molecular complexity index is 1870.